The van der Waals surface area contributed by atoms with Crippen LogP contribution in [0.15, 0.2) is 42.5 Å². The fourth-order valence-corrected chi connectivity index (χ4v) is 2.76. The summed E-state index contributed by atoms with van der Waals surface area (Å²) in [4.78, 5) is 12.2. The molecule has 0 heterocycles. The van der Waals surface area contributed by atoms with Gasteiger partial charge < -0.3 is 5.32 Å². The van der Waals surface area contributed by atoms with Gasteiger partial charge in [-0.1, -0.05) is 55.0 Å². The van der Waals surface area contributed by atoms with E-state index in [9.17, 15) is 4.79 Å². The van der Waals surface area contributed by atoms with Crippen LogP contribution >= 0.6 is 0 Å². The van der Waals surface area contributed by atoms with Crippen LogP contribution in [-0.2, 0) is 17.6 Å². The molecule has 2 nitrogen and oxygen atoms in total. The SMILES string of the molecule is CCc1ccc(CC(=O)N[C@@H](C)c2ccc(C)cc2C)cc1. The third-order valence-corrected chi connectivity index (χ3v) is 4.07. The molecule has 0 saturated heterocycles. The van der Waals surface area contributed by atoms with E-state index in [1.807, 2.05) is 19.1 Å². The van der Waals surface area contributed by atoms with Gasteiger partial charge in [-0.3, -0.25) is 4.79 Å². The Morgan fingerprint density at radius 1 is 1.05 bits per heavy atom. The van der Waals surface area contributed by atoms with Gasteiger partial charge in [0.2, 0.25) is 5.91 Å². The molecule has 0 aromatic heterocycles. The summed E-state index contributed by atoms with van der Waals surface area (Å²) in [5.74, 6) is 0.0664. The maximum Gasteiger partial charge on any atom is 0.224 e. The molecule has 0 aliphatic carbocycles. The van der Waals surface area contributed by atoms with E-state index < -0.39 is 0 Å². The number of hydrogen-bond donors (Lipinski definition) is 1. The van der Waals surface area contributed by atoms with Crippen molar-refractivity contribution >= 4 is 5.91 Å². The lowest BCUT2D eigenvalue weighted by Crippen LogP contribution is -2.28. The first-order chi connectivity index (χ1) is 10.5. The molecular formula is C20H25NO. The molecule has 0 bridgehead atoms. The Balaban J connectivity index is 1.98. The van der Waals surface area contributed by atoms with Crippen LogP contribution in [0.1, 0.15) is 47.7 Å². The second-order valence-corrected chi connectivity index (χ2v) is 6.00. The fraction of sp³-hybridized carbons (Fsp3) is 0.350. The molecule has 2 heteroatoms. The molecule has 0 aliphatic rings. The molecule has 0 aliphatic heterocycles. The van der Waals surface area contributed by atoms with Gasteiger partial charge in [0.15, 0.2) is 0 Å². The van der Waals surface area contributed by atoms with Crippen LogP contribution in [-0.4, -0.2) is 5.91 Å². The molecule has 116 valence electrons. The zero-order chi connectivity index (χ0) is 16.1. The van der Waals surface area contributed by atoms with Gasteiger partial charge in [0, 0.05) is 0 Å². The number of benzene rings is 2. The lowest BCUT2D eigenvalue weighted by atomic mass is 10.00. The minimum absolute atomic E-state index is 0.0306. The van der Waals surface area contributed by atoms with E-state index in [4.69, 9.17) is 0 Å². The molecule has 1 amide bonds. The molecule has 2 aromatic carbocycles. The number of carbonyl (C=O) groups excluding carboxylic acids is 1. The number of hydrogen-bond acceptors (Lipinski definition) is 1. The summed E-state index contributed by atoms with van der Waals surface area (Å²) in [6.07, 6.45) is 1.45. The average molecular weight is 295 g/mol. The lowest BCUT2D eigenvalue weighted by Gasteiger charge is -2.17. The highest BCUT2D eigenvalue weighted by Gasteiger charge is 2.12. The Labute approximate surface area is 133 Å². The number of nitrogens with one attached hydrogen (secondary N) is 1. The van der Waals surface area contributed by atoms with Crippen molar-refractivity contribution in [1.29, 1.82) is 0 Å². The maximum absolute atomic E-state index is 12.2. The first-order valence-electron chi connectivity index (χ1n) is 7.94. The van der Waals surface area contributed by atoms with E-state index in [0.717, 1.165) is 12.0 Å². The van der Waals surface area contributed by atoms with Gasteiger partial charge in [0.05, 0.1) is 12.5 Å². The van der Waals surface area contributed by atoms with Gasteiger partial charge >= 0.3 is 0 Å². The molecule has 0 fully saturated rings. The van der Waals surface area contributed by atoms with Crippen molar-refractivity contribution in [3.05, 3.63) is 70.3 Å². The Kier molecular flexibility index (Phi) is 5.37. The molecule has 0 saturated carbocycles. The lowest BCUT2D eigenvalue weighted by molar-refractivity contribution is -0.121. The Morgan fingerprint density at radius 2 is 1.68 bits per heavy atom. The Bertz CT molecular complexity index is 643. The molecule has 1 atom stereocenters. The molecule has 0 unspecified atom stereocenters. The molecule has 22 heavy (non-hydrogen) atoms. The zero-order valence-electron chi connectivity index (χ0n) is 13.9. The van der Waals surface area contributed by atoms with Crippen LogP contribution in [0.25, 0.3) is 0 Å². The number of aryl methyl sites for hydroxylation is 3. The molecule has 1 N–H and O–H groups in total. The van der Waals surface area contributed by atoms with Gasteiger partial charge in [-0.05, 0) is 49.4 Å². The highest BCUT2D eigenvalue weighted by Crippen LogP contribution is 2.18. The van der Waals surface area contributed by atoms with Crippen molar-refractivity contribution in [2.45, 2.75) is 46.6 Å². The number of amides is 1. The van der Waals surface area contributed by atoms with Crippen molar-refractivity contribution in [1.82, 2.24) is 5.32 Å². The molecule has 2 aromatic rings. The highest BCUT2D eigenvalue weighted by molar-refractivity contribution is 5.79. The number of carbonyl (C=O) groups is 1. The topological polar surface area (TPSA) is 29.1 Å². The average Bonchev–Trinajstić information content (AvgIpc) is 2.47. The standard InChI is InChI=1S/C20H25NO/c1-5-17-7-9-18(10-8-17)13-20(22)21-16(4)19-11-6-14(2)12-15(19)3/h6-12,16H,5,13H2,1-4H3,(H,21,22)/t16-/m0/s1. The molecule has 2 rings (SSSR count). The summed E-state index contributed by atoms with van der Waals surface area (Å²) < 4.78 is 0. The van der Waals surface area contributed by atoms with Gasteiger partial charge in [-0.15, -0.1) is 0 Å². The maximum atomic E-state index is 12.2. The largest absolute Gasteiger partial charge is 0.349 e. The van der Waals surface area contributed by atoms with Crippen molar-refractivity contribution in [2.24, 2.45) is 0 Å². The third-order valence-electron chi connectivity index (χ3n) is 4.07. The van der Waals surface area contributed by atoms with Crippen LogP contribution in [0.2, 0.25) is 0 Å². The van der Waals surface area contributed by atoms with Gasteiger partial charge in [0.1, 0.15) is 0 Å². The van der Waals surface area contributed by atoms with Gasteiger partial charge in [-0.25, -0.2) is 0 Å². The quantitative estimate of drug-likeness (QED) is 0.876. The molecular weight excluding hydrogens is 270 g/mol. The van der Waals surface area contributed by atoms with Crippen LogP contribution in [0.4, 0.5) is 0 Å². The zero-order valence-corrected chi connectivity index (χ0v) is 13.9. The van der Waals surface area contributed by atoms with E-state index in [-0.39, 0.29) is 11.9 Å². The Morgan fingerprint density at radius 3 is 2.27 bits per heavy atom. The summed E-state index contributed by atoms with van der Waals surface area (Å²) in [5, 5.41) is 3.09. The minimum Gasteiger partial charge on any atom is -0.349 e. The minimum atomic E-state index is 0.0306. The van der Waals surface area contributed by atoms with Crippen molar-refractivity contribution in [3.8, 4) is 0 Å². The van der Waals surface area contributed by atoms with Crippen molar-refractivity contribution in [2.75, 3.05) is 0 Å². The first-order valence-corrected chi connectivity index (χ1v) is 7.94. The van der Waals surface area contributed by atoms with Crippen LogP contribution in [0, 0.1) is 13.8 Å². The summed E-state index contributed by atoms with van der Waals surface area (Å²) in [6, 6.07) is 14.6. The normalized spacial score (nSPS) is 12.0. The number of rotatable bonds is 5. The highest BCUT2D eigenvalue weighted by atomic mass is 16.1. The van der Waals surface area contributed by atoms with E-state index in [1.54, 1.807) is 0 Å². The van der Waals surface area contributed by atoms with Crippen molar-refractivity contribution < 1.29 is 4.79 Å². The molecule has 0 radical (unpaired) electrons. The van der Waals surface area contributed by atoms with Crippen LogP contribution < -0.4 is 5.32 Å². The van der Waals surface area contributed by atoms with E-state index in [0.29, 0.717) is 6.42 Å². The summed E-state index contributed by atoms with van der Waals surface area (Å²) in [5.41, 5.74) is 6.01. The predicted molar refractivity (Wildman–Crippen MR) is 92.0 cm³/mol. The van der Waals surface area contributed by atoms with Crippen LogP contribution in [0.5, 0.6) is 0 Å². The first kappa shape index (κ1) is 16.3. The predicted octanol–water partition coefficient (Wildman–Crippen LogP) is 4.29. The van der Waals surface area contributed by atoms with Crippen LogP contribution in [0.3, 0.4) is 0 Å². The third kappa shape index (κ3) is 4.20. The summed E-state index contributed by atoms with van der Waals surface area (Å²) in [7, 11) is 0. The van der Waals surface area contributed by atoms with E-state index in [2.05, 4.69) is 56.4 Å². The summed E-state index contributed by atoms with van der Waals surface area (Å²) in [6.45, 7) is 8.34. The van der Waals surface area contributed by atoms with E-state index >= 15 is 0 Å². The Hall–Kier alpha value is -2.09. The van der Waals surface area contributed by atoms with Crippen molar-refractivity contribution in [3.63, 3.8) is 0 Å². The van der Waals surface area contributed by atoms with Gasteiger partial charge in [0.25, 0.3) is 0 Å². The smallest absolute Gasteiger partial charge is 0.224 e. The second-order valence-electron chi connectivity index (χ2n) is 6.00. The van der Waals surface area contributed by atoms with E-state index in [1.165, 1.54) is 22.3 Å². The molecule has 0 spiro atoms. The second kappa shape index (κ2) is 7.26. The monoisotopic (exact) mass is 295 g/mol. The summed E-state index contributed by atoms with van der Waals surface area (Å²) >= 11 is 0. The van der Waals surface area contributed by atoms with Gasteiger partial charge in [-0.2, -0.15) is 0 Å². The fourth-order valence-electron chi connectivity index (χ4n) is 2.76.